The molecule has 2 rings (SSSR count). The molecule has 0 bridgehead atoms. The highest BCUT2D eigenvalue weighted by atomic mass is 16.5. The van der Waals surface area contributed by atoms with Crippen LogP contribution in [-0.2, 0) is 9.53 Å². The number of rotatable bonds is 0. The monoisotopic (exact) mass is 192 g/mol. The number of hydrogen-bond donors (Lipinski definition) is 0. The third-order valence-electron chi connectivity index (χ3n) is 3.28. The molecule has 0 aromatic heterocycles. The minimum Gasteiger partial charge on any atom is -0.464 e. The molecule has 0 N–H and O–H groups in total. The van der Waals surface area contributed by atoms with Gasteiger partial charge in [-0.3, -0.25) is 4.79 Å². The van der Waals surface area contributed by atoms with Gasteiger partial charge in [-0.25, -0.2) is 0 Å². The molecule has 0 aromatic rings. The summed E-state index contributed by atoms with van der Waals surface area (Å²) >= 11 is 0. The fourth-order valence-electron chi connectivity index (χ4n) is 2.66. The first-order chi connectivity index (χ1) is 6.55. The van der Waals surface area contributed by atoms with Crippen molar-refractivity contribution in [3.05, 3.63) is 23.3 Å². The van der Waals surface area contributed by atoms with Crippen molar-refractivity contribution in [2.24, 2.45) is 11.3 Å². The maximum absolute atomic E-state index is 11.7. The van der Waals surface area contributed by atoms with E-state index in [1.807, 2.05) is 13.0 Å². The highest BCUT2D eigenvalue weighted by molar-refractivity contribution is 5.84. The lowest BCUT2D eigenvalue weighted by Gasteiger charge is -2.39. The van der Waals surface area contributed by atoms with Crippen LogP contribution in [0.1, 0.15) is 27.2 Å². The molecule has 0 amide bonds. The van der Waals surface area contributed by atoms with Crippen LogP contribution in [0.25, 0.3) is 0 Å². The van der Waals surface area contributed by atoms with Gasteiger partial charge < -0.3 is 4.74 Å². The molecule has 2 nitrogen and oxygen atoms in total. The molecule has 0 saturated carbocycles. The summed E-state index contributed by atoms with van der Waals surface area (Å²) in [4.78, 5) is 11.7. The molecular formula is C12H16O2. The SMILES string of the molecule is CC1=C2[C@@H](C)COC(=O)[C@@]2(C)C=CC1. The Morgan fingerprint density at radius 2 is 2.29 bits per heavy atom. The van der Waals surface area contributed by atoms with Crippen molar-refractivity contribution in [1.29, 1.82) is 0 Å². The molecular weight excluding hydrogens is 176 g/mol. The average molecular weight is 192 g/mol. The molecule has 1 heterocycles. The van der Waals surface area contributed by atoms with Gasteiger partial charge in [-0.05, 0) is 25.8 Å². The quantitative estimate of drug-likeness (QED) is 0.435. The number of esters is 1. The van der Waals surface area contributed by atoms with E-state index in [0.717, 1.165) is 6.42 Å². The van der Waals surface area contributed by atoms with E-state index in [4.69, 9.17) is 4.74 Å². The Kier molecular flexibility index (Phi) is 2.02. The summed E-state index contributed by atoms with van der Waals surface area (Å²) in [6.07, 6.45) is 5.04. The largest absolute Gasteiger partial charge is 0.464 e. The van der Waals surface area contributed by atoms with E-state index in [1.54, 1.807) is 0 Å². The molecule has 1 saturated heterocycles. The van der Waals surface area contributed by atoms with Crippen LogP contribution in [0, 0.1) is 11.3 Å². The van der Waals surface area contributed by atoms with Crippen LogP contribution in [-0.4, -0.2) is 12.6 Å². The van der Waals surface area contributed by atoms with E-state index in [2.05, 4.69) is 19.9 Å². The lowest BCUT2D eigenvalue weighted by Crippen LogP contribution is -2.41. The normalized spacial score (nSPS) is 36.8. The summed E-state index contributed by atoms with van der Waals surface area (Å²) in [6, 6.07) is 0. The highest BCUT2D eigenvalue weighted by Gasteiger charge is 2.44. The van der Waals surface area contributed by atoms with E-state index in [9.17, 15) is 4.79 Å². The lowest BCUT2D eigenvalue weighted by molar-refractivity contribution is -0.155. The molecule has 2 aliphatic rings. The van der Waals surface area contributed by atoms with Crippen molar-refractivity contribution >= 4 is 5.97 Å². The fraction of sp³-hybridized carbons (Fsp3) is 0.583. The van der Waals surface area contributed by atoms with Gasteiger partial charge in [0, 0.05) is 5.92 Å². The maximum Gasteiger partial charge on any atom is 0.319 e. The van der Waals surface area contributed by atoms with Crippen LogP contribution in [0.15, 0.2) is 23.3 Å². The Bertz CT molecular complexity index is 338. The first-order valence-electron chi connectivity index (χ1n) is 5.11. The zero-order chi connectivity index (χ0) is 10.3. The number of cyclic esters (lactones) is 1. The van der Waals surface area contributed by atoms with Gasteiger partial charge >= 0.3 is 5.97 Å². The van der Waals surface area contributed by atoms with Crippen molar-refractivity contribution in [3.8, 4) is 0 Å². The summed E-state index contributed by atoms with van der Waals surface area (Å²) in [5.74, 6) is 0.267. The Morgan fingerprint density at radius 1 is 1.57 bits per heavy atom. The number of carbonyl (C=O) groups is 1. The Labute approximate surface area is 84.6 Å². The van der Waals surface area contributed by atoms with Gasteiger partial charge in [0.05, 0.1) is 6.61 Å². The van der Waals surface area contributed by atoms with Gasteiger partial charge in [-0.1, -0.05) is 24.6 Å². The second-order valence-corrected chi connectivity index (χ2v) is 4.50. The van der Waals surface area contributed by atoms with Crippen LogP contribution >= 0.6 is 0 Å². The number of ether oxygens (including phenoxy) is 1. The number of hydrogen-bond acceptors (Lipinski definition) is 2. The molecule has 76 valence electrons. The van der Waals surface area contributed by atoms with Crippen LogP contribution in [0.4, 0.5) is 0 Å². The van der Waals surface area contributed by atoms with E-state index >= 15 is 0 Å². The van der Waals surface area contributed by atoms with Gasteiger partial charge in [0.15, 0.2) is 0 Å². The van der Waals surface area contributed by atoms with E-state index in [1.165, 1.54) is 11.1 Å². The Balaban J connectivity index is 2.52. The van der Waals surface area contributed by atoms with Crippen molar-refractivity contribution in [3.63, 3.8) is 0 Å². The molecule has 0 aromatic carbocycles. The molecule has 1 aliphatic heterocycles. The molecule has 0 spiro atoms. The molecule has 0 unspecified atom stereocenters. The second kappa shape index (κ2) is 2.97. The summed E-state index contributed by atoms with van der Waals surface area (Å²) in [6.45, 7) is 6.74. The molecule has 2 heteroatoms. The molecule has 1 aliphatic carbocycles. The highest BCUT2D eigenvalue weighted by Crippen LogP contribution is 2.44. The molecule has 2 atom stereocenters. The first kappa shape index (κ1) is 9.50. The minimum absolute atomic E-state index is 0.0964. The van der Waals surface area contributed by atoms with E-state index < -0.39 is 5.41 Å². The zero-order valence-electron chi connectivity index (χ0n) is 8.96. The summed E-state index contributed by atoms with van der Waals surface area (Å²) in [5, 5.41) is 0. The fourth-order valence-corrected chi connectivity index (χ4v) is 2.66. The average Bonchev–Trinajstić information content (AvgIpc) is 2.12. The summed E-state index contributed by atoms with van der Waals surface area (Å²) < 4.78 is 5.19. The lowest BCUT2D eigenvalue weighted by atomic mass is 9.69. The second-order valence-electron chi connectivity index (χ2n) is 4.50. The molecule has 1 fully saturated rings. The van der Waals surface area contributed by atoms with E-state index in [-0.39, 0.29) is 5.97 Å². The number of carbonyl (C=O) groups excluding carboxylic acids is 1. The van der Waals surface area contributed by atoms with Gasteiger partial charge in [-0.15, -0.1) is 0 Å². The molecule has 14 heavy (non-hydrogen) atoms. The van der Waals surface area contributed by atoms with Crippen molar-refractivity contribution in [2.45, 2.75) is 27.2 Å². The third kappa shape index (κ3) is 1.13. The van der Waals surface area contributed by atoms with Gasteiger partial charge in [0.25, 0.3) is 0 Å². The maximum atomic E-state index is 11.7. The standard InChI is InChI=1S/C12H16O2/c1-8-5-4-6-12(3)10(8)9(2)7-14-11(12)13/h4,6,9H,5,7H2,1-3H3/t9-,12-/m0/s1. The van der Waals surface area contributed by atoms with E-state index in [0.29, 0.717) is 12.5 Å². The summed E-state index contributed by atoms with van der Waals surface area (Å²) in [5.41, 5.74) is 2.12. The number of fused-ring (bicyclic) bond motifs is 1. The topological polar surface area (TPSA) is 26.3 Å². The van der Waals surface area contributed by atoms with Crippen LogP contribution in [0.5, 0.6) is 0 Å². The zero-order valence-corrected chi connectivity index (χ0v) is 8.96. The predicted octanol–water partition coefficient (Wildman–Crippen LogP) is 2.46. The third-order valence-corrected chi connectivity index (χ3v) is 3.28. The molecule has 0 radical (unpaired) electrons. The Hall–Kier alpha value is -1.05. The Morgan fingerprint density at radius 3 is 2.93 bits per heavy atom. The number of allylic oxidation sites excluding steroid dienone is 2. The van der Waals surface area contributed by atoms with Crippen molar-refractivity contribution in [2.75, 3.05) is 6.61 Å². The first-order valence-corrected chi connectivity index (χ1v) is 5.11. The summed E-state index contributed by atoms with van der Waals surface area (Å²) in [7, 11) is 0. The van der Waals surface area contributed by atoms with Gasteiger partial charge in [-0.2, -0.15) is 0 Å². The van der Waals surface area contributed by atoms with Crippen LogP contribution in [0.2, 0.25) is 0 Å². The van der Waals surface area contributed by atoms with Crippen LogP contribution in [0.3, 0.4) is 0 Å². The van der Waals surface area contributed by atoms with Gasteiger partial charge in [0.1, 0.15) is 5.41 Å². The van der Waals surface area contributed by atoms with Crippen LogP contribution < -0.4 is 0 Å². The predicted molar refractivity (Wildman–Crippen MR) is 54.7 cm³/mol. The van der Waals surface area contributed by atoms with Crippen molar-refractivity contribution < 1.29 is 9.53 Å². The van der Waals surface area contributed by atoms with Crippen molar-refractivity contribution in [1.82, 2.24) is 0 Å². The minimum atomic E-state index is -0.486. The van der Waals surface area contributed by atoms with Gasteiger partial charge in [0.2, 0.25) is 0 Å². The smallest absolute Gasteiger partial charge is 0.319 e.